The summed E-state index contributed by atoms with van der Waals surface area (Å²) in [4.78, 5) is 6.52. The molecule has 1 saturated carbocycles. The Labute approximate surface area is 102 Å². The van der Waals surface area contributed by atoms with Crippen LogP contribution in [0.1, 0.15) is 38.2 Å². The molecule has 4 nitrogen and oxygen atoms in total. The van der Waals surface area contributed by atoms with E-state index in [0.717, 1.165) is 17.8 Å². The normalized spacial score (nSPS) is 16.1. The Hall–Kier alpha value is -1.58. The third-order valence-electron chi connectivity index (χ3n) is 3.51. The highest BCUT2D eigenvalue weighted by Gasteiger charge is 2.23. The van der Waals surface area contributed by atoms with E-state index in [2.05, 4.69) is 16.8 Å². The van der Waals surface area contributed by atoms with Crippen molar-refractivity contribution in [1.29, 1.82) is 5.41 Å². The van der Waals surface area contributed by atoms with Gasteiger partial charge < -0.3 is 10.6 Å². The summed E-state index contributed by atoms with van der Waals surface area (Å²) < 4.78 is 0. The zero-order chi connectivity index (χ0) is 12.3. The molecule has 0 aliphatic heterocycles. The van der Waals surface area contributed by atoms with Gasteiger partial charge in [-0.3, -0.25) is 10.4 Å². The molecule has 0 spiro atoms. The molecule has 0 radical (unpaired) electrons. The van der Waals surface area contributed by atoms with Gasteiger partial charge in [0, 0.05) is 24.3 Å². The number of aromatic nitrogens is 1. The van der Waals surface area contributed by atoms with Crippen LogP contribution in [0.25, 0.3) is 0 Å². The zero-order valence-electron chi connectivity index (χ0n) is 10.3. The van der Waals surface area contributed by atoms with Crippen LogP contribution in [-0.2, 0) is 0 Å². The minimum absolute atomic E-state index is 0.124. The van der Waals surface area contributed by atoms with Crippen LogP contribution in [0.15, 0.2) is 18.5 Å². The Morgan fingerprint density at radius 2 is 2.24 bits per heavy atom. The number of anilines is 1. The molecule has 17 heavy (non-hydrogen) atoms. The summed E-state index contributed by atoms with van der Waals surface area (Å²) in [6.07, 6.45) is 8.61. The smallest absolute Gasteiger partial charge is 0.125 e. The molecule has 4 heteroatoms. The summed E-state index contributed by atoms with van der Waals surface area (Å²) >= 11 is 0. The van der Waals surface area contributed by atoms with Crippen molar-refractivity contribution in [2.75, 3.05) is 11.4 Å². The van der Waals surface area contributed by atoms with Crippen molar-refractivity contribution in [3.8, 4) is 0 Å². The standard InChI is InChI=1S/C13H20N4/c1-2-17(10-5-3-4-6-10)12-9-16-8-7-11(12)13(14)15/h7-10H,2-6H2,1H3,(H3,14,15). The van der Waals surface area contributed by atoms with Gasteiger partial charge in [-0.05, 0) is 25.8 Å². The van der Waals surface area contributed by atoms with Gasteiger partial charge in [-0.1, -0.05) is 12.8 Å². The molecule has 1 aromatic heterocycles. The van der Waals surface area contributed by atoms with E-state index in [1.54, 1.807) is 6.20 Å². The summed E-state index contributed by atoms with van der Waals surface area (Å²) in [6, 6.07) is 2.41. The van der Waals surface area contributed by atoms with E-state index in [9.17, 15) is 0 Å². The van der Waals surface area contributed by atoms with Crippen LogP contribution >= 0.6 is 0 Å². The fraction of sp³-hybridized carbons (Fsp3) is 0.538. The van der Waals surface area contributed by atoms with Crippen molar-refractivity contribution in [3.63, 3.8) is 0 Å². The van der Waals surface area contributed by atoms with Crippen molar-refractivity contribution in [3.05, 3.63) is 24.0 Å². The molecule has 0 bridgehead atoms. The number of amidine groups is 1. The maximum atomic E-state index is 7.64. The average molecular weight is 232 g/mol. The first-order chi connectivity index (χ1) is 8.24. The second-order valence-corrected chi connectivity index (χ2v) is 4.53. The maximum Gasteiger partial charge on any atom is 0.125 e. The molecule has 0 unspecified atom stereocenters. The molecule has 3 N–H and O–H groups in total. The van der Waals surface area contributed by atoms with Crippen molar-refractivity contribution >= 4 is 11.5 Å². The number of nitrogens with zero attached hydrogens (tertiary/aromatic N) is 2. The quantitative estimate of drug-likeness (QED) is 0.617. The number of hydrogen-bond acceptors (Lipinski definition) is 3. The second-order valence-electron chi connectivity index (χ2n) is 4.53. The van der Waals surface area contributed by atoms with Gasteiger partial charge in [0.1, 0.15) is 5.84 Å². The summed E-state index contributed by atoms with van der Waals surface area (Å²) in [6.45, 7) is 3.09. The topological polar surface area (TPSA) is 66.0 Å². The summed E-state index contributed by atoms with van der Waals surface area (Å²) in [7, 11) is 0. The Kier molecular flexibility index (Phi) is 3.61. The van der Waals surface area contributed by atoms with Gasteiger partial charge in [0.25, 0.3) is 0 Å². The highest BCUT2D eigenvalue weighted by atomic mass is 15.2. The van der Waals surface area contributed by atoms with Crippen LogP contribution in [0.4, 0.5) is 5.69 Å². The lowest BCUT2D eigenvalue weighted by atomic mass is 10.1. The van der Waals surface area contributed by atoms with E-state index in [1.165, 1.54) is 25.7 Å². The molecule has 1 fully saturated rings. The van der Waals surface area contributed by atoms with Crippen LogP contribution in [0, 0.1) is 5.41 Å². The molecule has 2 rings (SSSR count). The molecule has 1 aliphatic rings. The summed E-state index contributed by atoms with van der Waals surface area (Å²) in [5, 5.41) is 7.64. The summed E-state index contributed by atoms with van der Waals surface area (Å²) in [5.74, 6) is 0.124. The number of nitrogen functional groups attached to an aromatic ring is 1. The number of nitrogens with one attached hydrogen (secondary N) is 1. The average Bonchev–Trinajstić information content (AvgIpc) is 2.84. The van der Waals surface area contributed by atoms with Crippen molar-refractivity contribution < 1.29 is 0 Å². The lowest BCUT2D eigenvalue weighted by molar-refractivity contribution is 0.618. The first kappa shape index (κ1) is 11.9. The highest BCUT2D eigenvalue weighted by molar-refractivity contribution is 6.00. The highest BCUT2D eigenvalue weighted by Crippen LogP contribution is 2.29. The van der Waals surface area contributed by atoms with Crippen molar-refractivity contribution in [2.45, 2.75) is 38.6 Å². The van der Waals surface area contributed by atoms with E-state index in [1.807, 2.05) is 12.3 Å². The molecular weight excluding hydrogens is 212 g/mol. The molecule has 1 aromatic rings. The van der Waals surface area contributed by atoms with E-state index < -0.39 is 0 Å². The molecule has 1 heterocycles. The van der Waals surface area contributed by atoms with Crippen LogP contribution < -0.4 is 10.6 Å². The lowest BCUT2D eigenvalue weighted by Crippen LogP contribution is -2.34. The largest absolute Gasteiger partial charge is 0.384 e. The van der Waals surface area contributed by atoms with E-state index in [4.69, 9.17) is 11.1 Å². The van der Waals surface area contributed by atoms with E-state index in [-0.39, 0.29) is 5.84 Å². The zero-order valence-corrected chi connectivity index (χ0v) is 10.3. The Balaban J connectivity index is 2.32. The predicted molar refractivity (Wildman–Crippen MR) is 70.5 cm³/mol. The van der Waals surface area contributed by atoms with Gasteiger partial charge in [-0.15, -0.1) is 0 Å². The Morgan fingerprint density at radius 3 is 2.82 bits per heavy atom. The van der Waals surface area contributed by atoms with Gasteiger partial charge in [0.2, 0.25) is 0 Å². The fourth-order valence-electron chi connectivity index (χ4n) is 2.68. The summed E-state index contributed by atoms with van der Waals surface area (Å²) in [5.41, 5.74) is 7.44. The number of hydrogen-bond donors (Lipinski definition) is 2. The minimum atomic E-state index is 0.124. The minimum Gasteiger partial charge on any atom is -0.384 e. The Morgan fingerprint density at radius 1 is 1.53 bits per heavy atom. The third-order valence-corrected chi connectivity index (χ3v) is 3.51. The van der Waals surface area contributed by atoms with E-state index >= 15 is 0 Å². The van der Waals surface area contributed by atoms with E-state index in [0.29, 0.717) is 6.04 Å². The first-order valence-electron chi connectivity index (χ1n) is 6.29. The van der Waals surface area contributed by atoms with Gasteiger partial charge in [0.15, 0.2) is 0 Å². The molecule has 0 aromatic carbocycles. The van der Waals surface area contributed by atoms with Crippen LogP contribution in [0.5, 0.6) is 0 Å². The van der Waals surface area contributed by atoms with Crippen molar-refractivity contribution in [1.82, 2.24) is 4.98 Å². The van der Waals surface area contributed by atoms with Crippen molar-refractivity contribution in [2.24, 2.45) is 5.73 Å². The lowest BCUT2D eigenvalue weighted by Gasteiger charge is -2.31. The van der Waals surface area contributed by atoms with Gasteiger partial charge in [-0.2, -0.15) is 0 Å². The first-order valence-corrected chi connectivity index (χ1v) is 6.29. The predicted octanol–water partition coefficient (Wildman–Crippen LogP) is 2.13. The second kappa shape index (κ2) is 5.17. The molecule has 0 saturated heterocycles. The molecule has 1 aliphatic carbocycles. The molecule has 0 amide bonds. The molecule has 92 valence electrons. The van der Waals surface area contributed by atoms with Crippen LogP contribution in [0.3, 0.4) is 0 Å². The maximum absolute atomic E-state index is 7.64. The number of nitrogens with two attached hydrogens (primary N) is 1. The monoisotopic (exact) mass is 232 g/mol. The van der Waals surface area contributed by atoms with Gasteiger partial charge in [0.05, 0.1) is 11.9 Å². The fourth-order valence-corrected chi connectivity index (χ4v) is 2.68. The van der Waals surface area contributed by atoms with Gasteiger partial charge >= 0.3 is 0 Å². The third kappa shape index (κ3) is 2.40. The Bertz CT molecular complexity index is 396. The molecule has 0 atom stereocenters. The van der Waals surface area contributed by atoms with Crippen LogP contribution in [0.2, 0.25) is 0 Å². The molecular formula is C13H20N4. The number of rotatable bonds is 4. The SMILES string of the molecule is CCN(c1cnccc1C(=N)N)C1CCCC1. The van der Waals surface area contributed by atoms with Gasteiger partial charge in [-0.25, -0.2) is 0 Å². The van der Waals surface area contributed by atoms with Crippen LogP contribution in [-0.4, -0.2) is 23.4 Å². The number of pyridine rings is 1.